The van der Waals surface area contributed by atoms with Crippen LogP contribution in [0.3, 0.4) is 0 Å². The fourth-order valence-corrected chi connectivity index (χ4v) is 2.61. The number of carbonyl (C=O) groups is 2. The lowest BCUT2D eigenvalue weighted by Gasteiger charge is -2.37. The van der Waals surface area contributed by atoms with Crippen LogP contribution in [0.1, 0.15) is 6.92 Å². The molecule has 0 bridgehead atoms. The van der Waals surface area contributed by atoms with Crippen LogP contribution in [0.25, 0.3) is 0 Å². The number of amides is 2. The maximum Gasteiger partial charge on any atom is 0.236 e. The summed E-state index contributed by atoms with van der Waals surface area (Å²) < 4.78 is 0. The first kappa shape index (κ1) is 14.8. The summed E-state index contributed by atoms with van der Waals surface area (Å²) >= 11 is 0. The van der Waals surface area contributed by atoms with Gasteiger partial charge in [-0.15, -0.1) is 0 Å². The highest BCUT2D eigenvalue weighted by Gasteiger charge is 2.27. The van der Waals surface area contributed by atoms with Gasteiger partial charge in [-0.1, -0.05) is 0 Å². The number of hydrogen-bond acceptors (Lipinski definition) is 5. The van der Waals surface area contributed by atoms with E-state index in [1.807, 2.05) is 4.90 Å². The van der Waals surface area contributed by atoms with Gasteiger partial charge in [0.1, 0.15) is 6.04 Å². The van der Waals surface area contributed by atoms with Gasteiger partial charge in [0.15, 0.2) is 0 Å². The molecule has 2 aliphatic heterocycles. The Morgan fingerprint density at radius 2 is 1.85 bits per heavy atom. The molecular weight excluding hydrogens is 258 g/mol. The van der Waals surface area contributed by atoms with Crippen LogP contribution in [0, 0.1) is 11.3 Å². The third-order valence-electron chi connectivity index (χ3n) is 3.92. The van der Waals surface area contributed by atoms with E-state index in [9.17, 15) is 9.59 Å². The lowest BCUT2D eigenvalue weighted by Crippen LogP contribution is -2.56. The van der Waals surface area contributed by atoms with Crippen LogP contribution in [-0.2, 0) is 9.59 Å². The Labute approximate surface area is 119 Å². The molecule has 0 aromatic heterocycles. The zero-order valence-corrected chi connectivity index (χ0v) is 11.8. The highest BCUT2D eigenvalue weighted by atomic mass is 16.2. The van der Waals surface area contributed by atoms with Gasteiger partial charge in [-0.05, 0) is 0 Å². The molecule has 0 aromatic carbocycles. The Morgan fingerprint density at radius 3 is 2.45 bits per heavy atom. The molecule has 2 fully saturated rings. The quantitative estimate of drug-likeness (QED) is 0.664. The van der Waals surface area contributed by atoms with Crippen LogP contribution in [-0.4, -0.2) is 84.9 Å². The second-order valence-corrected chi connectivity index (χ2v) is 5.21. The van der Waals surface area contributed by atoms with Gasteiger partial charge in [-0.3, -0.25) is 14.5 Å². The van der Waals surface area contributed by atoms with E-state index < -0.39 is 0 Å². The molecule has 0 saturated carbocycles. The minimum absolute atomic E-state index is 0.0513. The fourth-order valence-electron chi connectivity index (χ4n) is 2.61. The Bertz CT molecular complexity index is 411. The Balaban J connectivity index is 1.83. The zero-order chi connectivity index (χ0) is 14.5. The minimum Gasteiger partial charge on any atom is -0.339 e. The van der Waals surface area contributed by atoms with Crippen molar-refractivity contribution in [2.24, 2.45) is 0 Å². The lowest BCUT2D eigenvalue weighted by molar-refractivity contribution is -0.139. The molecule has 2 rings (SSSR count). The predicted octanol–water partition coefficient (Wildman–Crippen LogP) is -1.53. The molecule has 20 heavy (non-hydrogen) atoms. The summed E-state index contributed by atoms with van der Waals surface area (Å²) in [5, 5.41) is 12.2. The van der Waals surface area contributed by atoms with E-state index in [4.69, 9.17) is 5.26 Å². The maximum absolute atomic E-state index is 12.3. The molecule has 2 aliphatic rings. The first-order valence-electron chi connectivity index (χ1n) is 6.99. The molecule has 7 heteroatoms. The second-order valence-electron chi connectivity index (χ2n) is 5.21. The number of rotatable bonds is 2. The van der Waals surface area contributed by atoms with E-state index in [2.05, 4.69) is 11.4 Å². The first-order chi connectivity index (χ1) is 9.61. The molecule has 1 N–H and O–H groups in total. The van der Waals surface area contributed by atoms with E-state index >= 15 is 0 Å². The monoisotopic (exact) mass is 279 g/mol. The van der Waals surface area contributed by atoms with Crippen LogP contribution < -0.4 is 5.32 Å². The summed E-state index contributed by atoms with van der Waals surface area (Å²) in [6.07, 6.45) is 0. The van der Waals surface area contributed by atoms with Crippen molar-refractivity contribution < 1.29 is 9.59 Å². The van der Waals surface area contributed by atoms with E-state index in [1.165, 1.54) is 0 Å². The minimum atomic E-state index is -0.230. The van der Waals surface area contributed by atoms with Gasteiger partial charge in [0, 0.05) is 52.7 Å². The molecular formula is C13H21N5O2. The van der Waals surface area contributed by atoms with Gasteiger partial charge in [0.2, 0.25) is 11.8 Å². The number of nitriles is 1. The summed E-state index contributed by atoms with van der Waals surface area (Å²) in [4.78, 5) is 29.0. The van der Waals surface area contributed by atoms with E-state index in [0.717, 1.165) is 13.1 Å². The summed E-state index contributed by atoms with van der Waals surface area (Å²) in [5.41, 5.74) is 0. The highest BCUT2D eigenvalue weighted by Crippen LogP contribution is 2.06. The average Bonchev–Trinajstić information content (AvgIpc) is 2.48. The summed E-state index contributed by atoms with van der Waals surface area (Å²) in [6, 6.07) is 1.99. The fraction of sp³-hybridized carbons (Fsp3) is 0.769. The van der Waals surface area contributed by atoms with E-state index in [0.29, 0.717) is 39.3 Å². The number of piperazine rings is 2. The Morgan fingerprint density at radius 1 is 1.20 bits per heavy atom. The van der Waals surface area contributed by atoms with Gasteiger partial charge in [-0.2, -0.15) is 5.26 Å². The number of hydrogen-bond donors (Lipinski definition) is 1. The molecule has 0 radical (unpaired) electrons. The van der Waals surface area contributed by atoms with Crippen molar-refractivity contribution in [1.82, 2.24) is 20.0 Å². The van der Waals surface area contributed by atoms with Crippen LogP contribution >= 0.6 is 0 Å². The van der Waals surface area contributed by atoms with Gasteiger partial charge in [0.05, 0.1) is 12.6 Å². The van der Waals surface area contributed by atoms with Gasteiger partial charge in [-0.25, -0.2) is 0 Å². The molecule has 2 heterocycles. The van der Waals surface area contributed by atoms with E-state index in [-0.39, 0.29) is 17.9 Å². The number of nitrogens with one attached hydrogen (secondary N) is 1. The summed E-state index contributed by atoms with van der Waals surface area (Å²) in [6.45, 7) is 6.36. The smallest absolute Gasteiger partial charge is 0.236 e. The molecule has 0 aliphatic carbocycles. The molecule has 1 unspecified atom stereocenters. The largest absolute Gasteiger partial charge is 0.339 e. The van der Waals surface area contributed by atoms with Crippen molar-refractivity contribution in [2.75, 3.05) is 52.4 Å². The van der Waals surface area contributed by atoms with Crippen LogP contribution in [0.2, 0.25) is 0 Å². The van der Waals surface area contributed by atoms with Crippen molar-refractivity contribution in [2.45, 2.75) is 13.0 Å². The molecule has 1 atom stereocenters. The average molecular weight is 279 g/mol. The molecule has 0 spiro atoms. The maximum atomic E-state index is 12.3. The third-order valence-corrected chi connectivity index (χ3v) is 3.92. The number of carbonyl (C=O) groups excluding carboxylic acids is 2. The molecule has 2 amide bonds. The molecule has 7 nitrogen and oxygen atoms in total. The molecule has 110 valence electrons. The molecule has 2 saturated heterocycles. The molecule has 0 aromatic rings. The first-order valence-corrected chi connectivity index (χ1v) is 6.99. The van der Waals surface area contributed by atoms with Crippen molar-refractivity contribution in [3.63, 3.8) is 0 Å². The van der Waals surface area contributed by atoms with Gasteiger partial charge in [0.25, 0.3) is 0 Å². The lowest BCUT2D eigenvalue weighted by atomic mass is 10.2. The van der Waals surface area contributed by atoms with Crippen LogP contribution in [0.4, 0.5) is 0 Å². The predicted molar refractivity (Wildman–Crippen MR) is 72.7 cm³/mol. The van der Waals surface area contributed by atoms with Crippen molar-refractivity contribution in [3.05, 3.63) is 0 Å². The Kier molecular flexibility index (Phi) is 4.93. The van der Waals surface area contributed by atoms with Gasteiger partial charge < -0.3 is 15.1 Å². The summed E-state index contributed by atoms with van der Waals surface area (Å²) in [7, 11) is 0. The van der Waals surface area contributed by atoms with Crippen LogP contribution in [0.15, 0.2) is 0 Å². The second kappa shape index (κ2) is 6.68. The highest BCUT2D eigenvalue weighted by molar-refractivity contribution is 5.79. The third kappa shape index (κ3) is 3.46. The summed E-state index contributed by atoms with van der Waals surface area (Å²) in [5.74, 6) is 0.110. The van der Waals surface area contributed by atoms with Crippen LogP contribution in [0.5, 0.6) is 0 Å². The van der Waals surface area contributed by atoms with E-state index in [1.54, 1.807) is 16.7 Å². The number of nitrogens with zero attached hydrogens (tertiary/aromatic N) is 4. The normalized spacial score (nSPS) is 24.3. The zero-order valence-electron chi connectivity index (χ0n) is 11.8. The SMILES string of the molecule is CC(=O)N1CCN(C(=O)CN2CCNCC2C#N)CC1. The van der Waals surface area contributed by atoms with Crippen molar-refractivity contribution >= 4 is 11.8 Å². The van der Waals surface area contributed by atoms with Crippen molar-refractivity contribution in [1.29, 1.82) is 5.26 Å². The standard InChI is InChI=1S/C13H21N5O2/c1-11(19)16-4-6-17(7-5-16)13(20)10-18-3-2-15-9-12(18)8-14/h12,15H,2-7,9-10H2,1H3. The van der Waals surface area contributed by atoms with Crippen molar-refractivity contribution in [3.8, 4) is 6.07 Å². The topological polar surface area (TPSA) is 79.7 Å². The Hall–Kier alpha value is -1.65. The van der Waals surface area contributed by atoms with Gasteiger partial charge >= 0.3 is 0 Å².